The summed E-state index contributed by atoms with van der Waals surface area (Å²) in [7, 11) is 0. The number of hydrogen-bond acceptors (Lipinski definition) is 8. The number of alkyl halides is 3. The molecule has 1 aliphatic heterocycles. The molecule has 2 aromatic heterocycles. The molecule has 1 saturated heterocycles. The van der Waals surface area contributed by atoms with Crippen LogP contribution >= 0.6 is 0 Å². The Morgan fingerprint density at radius 2 is 1.82 bits per heavy atom. The van der Waals surface area contributed by atoms with Crippen LogP contribution in [-0.4, -0.2) is 57.4 Å². The van der Waals surface area contributed by atoms with Gasteiger partial charge in [-0.25, -0.2) is 4.79 Å². The summed E-state index contributed by atoms with van der Waals surface area (Å²) in [5.41, 5.74) is -2.93. The van der Waals surface area contributed by atoms with Crippen molar-refractivity contribution < 1.29 is 37.6 Å². The Balaban J connectivity index is 1.77. The van der Waals surface area contributed by atoms with Crippen LogP contribution < -0.4 is 10.9 Å². The first-order valence-electron chi connectivity index (χ1n) is 10.1. The van der Waals surface area contributed by atoms with E-state index in [1.807, 2.05) is 0 Å². The largest absolute Gasteiger partial charge is 0.422 e. The molecule has 176 valence electrons. The van der Waals surface area contributed by atoms with Crippen molar-refractivity contribution in [1.82, 2.24) is 4.98 Å². The standard InChI is InChI=1S/C22H21F3N2O6/c1-10-18(20(30)19(29)15(9-28)32-10)27-12-2-3-13-14(8-12)33-21(31)16(17(13)22(23,24)25)11-4-6-26-7-5-11/h2-8,10,15,18-20,27-30H,9H2,1H3. The number of aromatic nitrogens is 1. The number of aliphatic hydroxyl groups excluding tert-OH is 3. The molecule has 1 aliphatic rings. The monoisotopic (exact) mass is 466 g/mol. The lowest BCUT2D eigenvalue weighted by atomic mass is 9.93. The summed E-state index contributed by atoms with van der Waals surface area (Å²) < 4.78 is 52.8. The molecule has 0 amide bonds. The minimum atomic E-state index is -4.84. The predicted octanol–water partition coefficient (Wildman–Crippen LogP) is 2.16. The Bertz CT molecular complexity index is 1200. The number of hydrogen-bond donors (Lipinski definition) is 4. The number of anilines is 1. The van der Waals surface area contributed by atoms with Crippen LogP contribution in [0.5, 0.6) is 0 Å². The van der Waals surface area contributed by atoms with Gasteiger partial charge < -0.3 is 29.8 Å². The molecule has 8 nitrogen and oxygen atoms in total. The van der Waals surface area contributed by atoms with Crippen molar-refractivity contribution in [3.8, 4) is 11.1 Å². The molecule has 4 rings (SSSR count). The van der Waals surface area contributed by atoms with Gasteiger partial charge in [-0.2, -0.15) is 13.2 Å². The number of nitrogens with zero attached hydrogens (tertiary/aromatic N) is 1. The smallest absolute Gasteiger partial charge is 0.417 e. The number of pyridine rings is 1. The van der Waals surface area contributed by atoms with Crippen LogP contribution in [0.3, 0.4) is 0 Å². The highest BCUT2D eigenvalue weighted by Crippen LogP contribution is 2.40. The van der Waals surface area contributed by atoms with Crippen molar-refractivity contribution >= 4 is 16.7 Å². The van der Waals surface area contributed by atoms with Crippen LogP contribution in [0.2, 0.25) is 0 Å². The van der Waals surface area contributed by atoms with E-state index in [4.69, 9.17) is 9.15 Å². The molecule has 5 unspecified atom stereocenters. The van der Waals surface area contributed by atoms with Crippen molar-refractivity contribution in [1.29, 1.82) is 0 Å². The van der Waals surface area contributed by atoms with Gasteiger partial charge in [0.05, 0.1) is 29.9 Å². The van der Waals surface area contributed by atoms with Gasteiger partial charge in [-0.05, 0) is 36.8 Å². The average molecular weight is 466 g/mol. The second kappa shape index (κ2) is 8.75. The number of ether oxygens (including phenoxy) is 1. The minimum absolute atomic E-state index is 0.0268. The molecule has 5 atom stereocenters. The van der Waals surface area contributed by atoms with E-state index in [1.54, 1.807) is 6.92 Å². The van der Waals surface area contributed by atoms with Gasteiger partial charge in [-0.3, -0.25) is 4.98 Å². The molecule has 3 aromatic rings. The zero-order chi connectivity index (χ0) is 23.9. The van der Waals surface area contributed by atoms with E-state index in [0.29, 0.717) is 0 Å². The normalized spacial score (nSPS) is 25.8. The van der Waals surface area contributed by atoms with Gasteiger partial charge in [0, 0.05) is 29.5 Å². The number of aliphatic hydroxyl groups is 3. The van der Waals surface area contributed by atoms with E-state index in [2.05, 4.69) is 10.3 Å². The van der Waals surface area contributed by atoms with Gasteiger partial charge in [0.2, 0.25) is 0 Å². The van der Waals surface area contributed by atoms with Gasteiger partial charge >= 0.3 is 11.8 Å². The topological polar surface area (TPSA) is 125 Å². The van der Waals surface area contributed by atoms with Crippen molar-refractivity contribution in [2.45, 2.75) is 43.6 Å². The van der Waals surface area contributed by atoms with Crippen molar-refractivity contribution in [3.05, 3.63) is 58.7 Å². The van der Waals surface area contributed by atoms with Gasteiger partial charge in [-0.15, -0.1) is 0 Å². The molecule has 4 N–H and O–H groups in total. The second-order valence-electron chi connectivity index (χ2n) is 7.80. The maximum Gasteiger partial charge on any atom is 0.417 e. The van der Waals surface area contributed by atoms with Crippen LogP contribution in [0.25, 0.3) is 22.1 Å². The van der Waals surface area contributed by atoms with Crippen molar-refractivity contribution in [3.63, 3.8) is 0 Å². The summed E-state index contributed by atoms with van der Waals surface area (Å²) >= 11 is 0. The number of rotatable bonds is 4. The third-order valence-corrected chi connectivity index (χ3v) is 5.67. The molecule has 0 aliphatic carbocycles. The minimum Gasteiger partial charge on any atom is -0.422 e. The SMILES string of the molecule is CC1OC(CO)C(O)C(O)C1Nc1ccc2c(C(F)(F)F)c(-c3ccncc3)c(=O)oc2c1. The number of nitrogens with one attached hydrogen (secondary N) is 1. The fourth-order valence-corrected chi connectivity index (χ4v) is 4.06. The molecule has 0 saturated carbocycles. The molecule has 0 radical (unpaired) electrons. The zero-order valence-electron chi connectivity index (χ0n) is 17.3. The quantitative estimate of drug-likeness (QED) is 0.431. The van der Waals surface area contributed by atoms with Crippen molar-refractivity contribution in [2.75, 3.05) is 11.9 Å². The van der Waals surface area contributed by atoms with Gasteiger partial charge in [-0.1, -0.05) is 0 Å². The zero-order valence-corrected chi connectivity index (χ0v) is 17.3. The van der Waals surface area contributed by atoms with Crippen LogP contribution in [0, 0.1) is 0 Å². The highest BCUT2D eigenvalue weighted by molar-refractivity contribution is 5.89. The maximum absolute atomic E-state index is 14.0. The van der Waals surface area contributed by atoms with E-state index in [1.165, 1.54) is 42.7 Å². The van der Waals surface area contributed by atoms with Crippen molar-refractivity contribution in [2.24, 2.45) is 0 Å². The van der Waals surface area contributed by atoms with E-state index in [9.17, 15) is 33.3 Å². The Morgan fingerprint density at radius 1 is 1.12 bits per heavy atom. The predicted molar refractivity (Wildman–Crippen MR) is 112 cm³/mol. The first-order valence-corrected chi connectivity index (χ1v) is 10.1. The Labute approximate surface area is 185 Å². The highest BCUT2D eigenvalue weighted by atomic mass is 19.4. The summed E-state index contributed by atoms with van der Waals surface area (Å²) in [4.78, 5) is 16.4. The lowest BCUT2D eigenvalue weighted by molar-refractivity contribution is -0.180. The Morgan fingerprint density at radius 3 is 2.45 bits per heavy atom. The third-order valence-electron chi connectivity index (χ3n) is 5.67. The average Bonchev–Trinajstić information content (AvgIpc) is 2.78. The van der Waals surface area contributed by atoms with E-state index in [0.717, 1.165) is 0 Å². The Kier molecular flexibility index (Phi) is 6.14. The molecule has 33 heavy (non-hydrogen) atoms. The summed E-state index contributed by atoms with van der Waals surface area (Å²) in [5.74, 6) is 0. The maximum atomic E-state index is 14.0. The number of benzene rings is 1. The molecular weight excluding hydrogens is 445 g/mol. The molecule has 1 aromatic carbocycles. The molecule has 0 bridgehead atoms. The fourth-order valence-electron chi connectivity index (χ4n) is 4.06. The van der Waals surface area contributed by atoms with Crippen LogP contribution in [0.15, 0.2) is 51.9 Å². The van der Waals surface area contributed by atoms with E-state index < -0.39 is 60.0 Å². The second-order valence-corrected chi connectivity index (χ2v) is 7.80. The molecule has 3 heterocycles. The summed E-state index contributed by atoms with van der Waals surface area (Å²) in [6.07, 6.45) is -6.60. The van der Waals surface area contributed by atoms with Gasteiger partial charge in [0.15, 0.2) is 0 Å². The van der Waals surface area contributed by atoms with Crippen LogP contribution in [-0.2, 0) is 10.9 Å². The Hall–Kier alpha value is -2.99. The lowest BCUT2D eigenvalue weighted by Crippen LogP contribution is -2.60. The first-order chi connectivity index (χ1) is 15.6. The van der Waals surface area contributed by atoms with E-state index >= 15 is 0 Å². The summed E-state index contributed by atoms with van der Waals surface area (Å²) in [6.45, 7) is 1.12. The molecular formula is C22H21F3N2O6. The summed E-state index contributed by atoms with van der Waals surface area (Å²) in [6, 6.07) is 5.47. The van der Waals surface area contributed by atoms with Gasteiger partial charge in [0.1, 0.15) is 23.9 Å². The molecule has 11 heteroatoms. The van der Waals surface area contributed by atoms with Crippen LogP contribution in [0.4, 0.5) is 18.9 Å². The third kappa shape index (κ3) is 4.32. The lowest BCUT2D eigenvalue weighted by Gasteiger charge is -2.41. The molecule has 0 spiro atoms. The molecule has 1 fully saturated rings. The van der Waals surface area contributed by atoms with Crippen LogP contribution in [0.1, 0.15) is 12.5 Å². The number of halogens is 3. The first kappa shape index (κ1) is 23.2. The van der Waals surface area contributed by atoms with Gasteiger partial charge in [0.25, 0.3) is 0 Å². The highest BCUT2D eigenvalue weighted by Gasteiger charge is 2.42. The summed E-state index contributed by atoms with van der Waals surface area (Å²) in [5, 5.41) is 32.4. The number of fused-ring (bicyclic) bond motifs is 1. The van der Waals surface area contributed by atoms with E-state index in [-0.39, 0.29) is 22.2 Å². The fraction of sp³-hybridized carbons (Fsp3) is 0.364.